The van der Waals surface area contributed by atoms with Crippen LogP contribution in [0.5, 0.6) is 0 Å². The third-order valence-electron chi connectivity index (χ3n) is 6.51. The van der Waals surface area contributed by atoms with Crippen LogP contribution >= 0.6 is 11.6 Å². The first-order valence-corrected chi connectivity index (χ1v) is 11.3. The number of nitrogens with one attached hydrogen (secondary N) is 1. The summed E-state index contributed by atoms with van der Waals surface area (Å²) in [6, 6.07) is 13.7. The van der Waals surface area contributed by atoms with Gasteiger partial charge >= 0.3 is 0 Å². The highest BCUT2D eigenvalue weighted by Gasteiger charge is 2.42. The first kappa shape index (κ1) is 20.9. The van der Waals surface area contributed by atoms with E-state index in [4.69, 9.17) is 11.6 Å². The maximum atomic E-state index is 13.5. The lowest BCUT2D eigenvalue weighted by Crippen LogP contribution is -2.39. The molecule has 0 bridgehead atoms. The van der Waals surface area contributed by atoms with Gasteiger partial charge in [-0.2, -0.15) is 0 Å². The Kier molecular flexibility index (Phi) is 5.88. The molecule has 1 aliphatic carbocycles. The fourth-order valence-electron chi connectivity index (χ4n) is 4.84. The molecule has 0 radical (unpaired) electrons. The van der Waals surface area contributed by atoms with E-state index >= 15 is 0 Å². The molecule has 1 fully saturated rings. The van der Waals surface area contributed by atoms with Crippen LogP contribution in [0.2, 0.25) is 5.02 Å². The Morgan fingerprint density at radius 2 is 1.73 bits per heavy atom. The fraction of sp³-hybridized carbons (Fsp3) is 0.440. The average Bonchev–Trinajstić information content (AvgIpc) is 3.24. The normalized spacial score (nSPS) is 17.7. The van der Waals surface area contributed by atoms with Gasteiger partial charge in [0.25, 0.3) is 0 Å². The minimum absolute atomic E-state index is 0.0276. The second kappa shape index (κ2) is 8.43. The van der Waals surface area contributed by atoms with E-state index < -0.39 is 5.41 Å². The number of amides is 2. The molecular weight excluding hydrogens is 396 g/mol. The molecule has 30 heavy (non-hydrogen) atoms. The maximum Gasteiger partial charge on any atom is 0.235 e. The molecule has 1 heterocycles. The number of benzene rings is 2. The number of hydrogen-bond acceptors (Lipinski definition) is 2. The van der Waals surface area contributed by atoms with Gasteiger partial charge in [-0.05, 0) is 61.1 Å². The summed E-state index contributed by atoms with van der Waals surface area (Å²) in [7, 11) is 0. The predicted octanol–water partition coefficient (Wildman–Crippen LogP) is 5.73. The van der Waals surface area contributed by atoms with Gasteiger partial charge in [0.1, 0.15) is 0 Å². The molecule has 5 heteroatoms. The van der Waals surface area contributed by atoms with Crippen LogP contribution in [-0.2, 0) is 21.4 Å². The Morgan fingerprint density at radius 3 is 2.40 bits per heavy atom. The number of nitrogens with zero attached hydrogens (tertiary/aromatic N) is 1. The summed E-state index contributed by atoms with van der Waals surface area (Å²) in [6.45, 7) is 4.59. The Labute approximate surface area is 183 Å². The molecule has 158 valence electrons. The van der Waals surface area contributed by atoms with Crippen LogP contribution in [0, 0.1) is 5.92 Å². The summed E-state index contributed by atoms with van der Waals surface area (Å²) in [5, 5.41) is 3.84. The first-order valence-electron chi connectivity index (χ1n) is 10.9. The van der Waals surface area contributed by atoms with Crippen LogP contribution in [0.3, 0.4) is 0 Å². The van der Waals surface area contributed by atoms with E-state index in [2.05, 4.69) is 5.32 Å². The molecule has 0 atom stereocenters. The molecular formula is C25H29ClN2O2. The molecule has 0 aromatic heterocycles. The van der Waals surface area contributed by atoms with Crippen molar-refractivity contribution < 1.29 is 9.59 Å². The Hall–Kier alpha value is -2.33. The van der Waals surface area contributed by atoms with Gasteiger partial charge in [-0.25, -0.2) is 0 Å². The standard InChI is InChI=1S/C25H29ClN2O2/c1-17(2)23(29)28-15-5-6-18-7-12-21(16-22(18)28)27-24(30)25(13-3-4-14-25)19-8-10-20(26)11-9-19/h7-12,16-17H,3-6,13-15H2,1-2H3,(H,27,30). The van der Waals surface area contributed by atoms with Crippen molar-refractivity contribution in [3.05, 3.63) is 58.6 Å². The molecule has 0 unspecified atom stereocenters. The molecule has 1 aliphatic heterocycles. The lowest BCUT2D eigenvalue weighted by molar-refractivity contribution is -0.122. The van der Waals surface area contributed by atoms with Gasteiger partial charge in [0.05, 0.1) is 5.41 Å². The molecule has 0 saturated heterocycles. The van der Waals surface area contributed by atoms with Crippen LogP contribution in [0.15, 0.2) is 42.5 Å². The smallest absolute Gasteiger partial charge is 0.235 e. The molecule has 1 N–H and O–H groups in total. The van der Waals surface area contributed by atoms with Crippen molar-refractivity contribution >= 4 is 34.8 Å². The van der Waals surface area contributed by atoms with Gasteiger partial charge in [0.15, 0.2) is 0 Å². The number of carbonyl (C=O) groups is 2. The highest BCUT2D eigenvalue weighted by molar-refractivity contribution is 6.30. The number of fused-ring (bicyclic) bond motifs is 1. The molecule has 1 saturated carbocycles. The summed E-state index contributed by atoms with van der Waals surface area (Å²) < 4.78 is 0. The van der Waals surface area contributed by atoms with Crippen molar-refractivity contribution in [2.45, 2.75) is 57.8 Å². The third kappa shape index (κ3) is 3.85. The van der Waals surface area contributed by atoms with E-state index in [1.54, 1.807) is 0 Å². The van der Waals surface area contributed by atoms with Gasteiger partial charge in [-0.1, -0.05) is 56.5 Å². The van der Waals surface area contributed by atoms with Crippen LogP contribution in [0.1, 0.15) is 57.1 Å². The number of aryl methyl sites for hydroxylation is 1. The molecule has 0 spiro atoms. The number of rotatable bonds is 4. The number of anilines is 2. The highest BCUT2D eigenvalue weighted by Crippen LogP contribution is 2.42. The summed E-state index contributed by atoms with van der Waals surface area (Å²) in [5.74, 6) is 0.105. The van der Waals surface area contributed by atoms with Crippen molar-refractivity contribution in [2.24, 2.45) is 5.92 Å². The minimum Gasteiger partial charge on any atom is -0.325 e. The SMILES string of the molecule is CC(C)C(=O)N1CCCc2ccc(NC(=O)C3(c4ccc(Cl)cc4)CCCC3)cc21. The zero-order chi connectivity index (χ0) is 21.3. The quantitative estimate of drug-likeness (QED) is 0.681. The molecule has 4 rings (SSSR count). The summed E-state index contributed by atoms with van der Waals surface area (Å²) in [5.41, 5.74) is 3.36. The molecule has 2 aromatic carbocycles. The minimum atomic E-state index is -0.520. The van der Waals surface area contributed by atoms with Crippen molar-refractivity contribution in [2.75, 3.05) is 16.8 Å². The zero-order valence-corrected chi connectivity index (χ0v) is 18.5. The Balaban J connectivity index is 1.62. The van der Waals surface area contributed by atoms with Gasteiger partial charge in [-0.3, -0.25) is 9.59 Å². The van der Waals surface area contributed by atoms with Gasteiger partial charge in [0, 0.05) is 28.9 Å². The largest absolute Gasteiger partial charge is 0.325 e. The third-order valence-corrected chi connectivity index (χ3v) is 6.76. The number of hydrogen-bond donors (Lipinski definition) is 1. The van der Waals surface area contributed by atoms with E-state index in [1.165, 1.54) is 5.56 Å². The van der Waals surface area contributed by atoms with Crippen molar-refractivity contribution in [1.29, 1.82) is 0 Å². The lowest BCUT2D eigenvalue weighted by Gasteiger charge is -2.32. The zero-order valence-electron chi connectivity index (χ0n) is 17.7. The number of halogens is 1. The van der Waals surface area contributed by atoms with E-state index in [-0.39, 0.29) is 17.7 Å². The fourth-order valence-corrected chi connectivity index (χ4v) is 4.96. The first-order chi connectivity index (χ1) is 14.4. The van der Waals surface area contributed by atoms with Gasteiger partial charge in [-0.15, -0.1) is 0 Å². The second-order valence-corrected chi connectivity index (χ2v) is 9.28. The maximum absolute atomic E-state index is 13.5. The Bertz CT molecular complexity index is 946. The predicted molar refractivity (Wildman–Crippen MR) is 122 cm³/mol. The van der Waals surface area contributed by atoms with Crippen LogP contribution < -0.4 is 10.2 Å². The second-order valence-electron chi connectivity index (χ2n) is 8.84. The Morgan fingerprint density at radius 1 is 1.03 bits per heavy atom. The molecule has 2 aromatic rings. The molecule has 2 amide bonds. The summed E-state index contributed by atoms with van der Waals surface area (Å²) in [6.07, 6.45) is 5.68. The monoisotopic (exact) mass is 424 g/mol. The summed E-state index contributed by atoms with van der Waals surface area (Å²) in [4.78, 5) is 28.1. The average molecular weight is 425 g/mol. The van der Waals surface area contributed by atoms with E-state index in [1.807, 2.05) is 61.2 Å². The molecule has 2 aliphatic rings. The van der Waals surface area contributed by atoms with Crippen molar-refractivity contribution in [3.63, 3.8) is 0 Å². The van der Waals surface area contributed by atoms with Crippen LogP contribution in [0.25, 0.3) is 0 Å². The lowest BCUT2D eigenvalue weighted by atomic mass is 9.78. The topological polar surface area (TPSA) is 49.4 Å². The van der Waals surface area contributed by atoms with Crippen molar-refractivity contribution in [1.82, 2.24) is 0 Å². The van der Waals surface area contributed by atoms with E-state index in [0.29, 0.717) is 5.02 Å². The number of carbonyl (C=O) groups excluding carboxylic acids is 2. The van der Waals surface area contributed by atoms with Crippen LogP contribution in [-0.4, -0.2) is 18.4 Å². The van der Waals surface area contributed by atoms with Gasteiger partial charge in [0.2, 0.25) is 11.8 Å². The van der Waals surface area contributed by atoms with E-state index in [0.717, 1.165) is 62.0 Å². The van der Waals surface area contributed by atoms with Gasteiger partial charge < -0.3 is 10.2 Å². The van der Waals surface area contributed by atoms with Crippen molar-refractivity contribution in [3.8, 4) is 0 Å². The summed E-state index contributed by atoms with van der Waals surface area (Å²) >= 11 is 6.07. The highest BCUT2D eigenvalue weighted by atomic mass is 35.5. The molecule has 4 nitrogen and oxygen atoms in total. The van der Waals surface area contributed by atoms with Crippen LogP contribution in [0.4, 0.5) is 11.4 Å². The van der Waals surface area contributed by atoms with E-state index in [9.17, 15) is 9.59 Å².